The summed E-state index contributed by atoms with van der Waals surface area (Å²) in [5.74, 6) is -0.170. The molecule has 0 heterocycles. The van der Waals surface area contributed by atoms with E-state index >= 15 is 0 Å². The van der Waals surface area contributed by atoms with Gasteiger partial charge in [-0.05, 0) is 17.5 Å². The molecule has 0 aliphatic carbocycles. The zero-order valence-electron chi connectivity index (χ0n) is 9.95. The van der Waals surface area contributed by atoms with Crippen LogP contribution < -0.4 is 5.32 Å². The standard InChI is InChI=1S/C13H19NO2/c1-3-11-6-4-5-7-12(11)10-14-9-8-13(15)16-2/h4-7,14H,3,8-10H2,1-2H3. The number of hydrogen-bond donors (Lipinski definition) is 1. The quantitative estimate of drug-likeness (QED) is 0.589. The molecule has 1 aromatic rings. The van der Waals surface area contributed by atoms with E-state index in [-0.39, 0.29) is 5.97 Å². The number of carbonyl (C=O) groups is 1. The van der Waals surface area contributed by atoms with Crippen molar-refractivity contribution in [1.82, 2.24) is 5.32 Å². The highest BCUT2D eigenvalue weighted by molar-refractivity contribution is 5.69. The smallest absolute Gasteiger partial charge is 0.306 e. The third-order valence-corrected chi connectivity index (χ3v) is 2.55. The topological polar surface area (TPSA) is 38.3 Å². The van der Waals surface area contributed by atoms with E-state index in [0.717, 1.165) is 13.0 Å². The highest BCUT2D eigenvalue weighted by atomic mass is 16.5. The molecule has 3 heteroatoms. The molecule has 0 spiro atoms. The molecular formula is C13H19NO2. The van der Waals surface area contributed by atoms with E-state index in [4.69, 9.17) is 0 Å². The van der Waals surface area contributed by atoms with Crippen LogP contribution >= 0.6 is 0 Å². The Kier molecular flexibility index (Phi) is 5.57. The van der Waals surface area contributed by atoms with Gasteiger partial charge in [0, 0.05) is 13.1 Å². The minimum Gasteiger partial charge on any atom is -0.469 e. The molecule has 1 N–H and O–H groups in total. The maximum atomic E-state index is 10.9. The van der Waals surface area contributed by atoms with E-state index < -0.39 is 0 Å². The summed E-state index contributed by atoms with van der Waals surface area (Å²) in [6.07, 6.45) is 1.46. The van der Waals surface area contributed by atoms with Gasteiger partial charge in [0.05, 0.1) is 13.5 Å². The lowest BCUT2D eigenvalue weighted by molar-refractivity contribution is -0.140. The number of hydrogen-bond acceptors (Lipinski definition) is 3. The first-order valence-corrected chi connectivity index (χ1v) is 5.62. The van der Waals surface area contributed by atoms with E-state index in [1.165, 1.54) is 18.2 Å². The van der Waals surface area contributed by atoms with Gasteiger partial charge in [0.2, 0.25) is 0 Å². The predicted octanol–water partition coefficient (Wildman–Crippen LogP) is 1.90. The molecule has 0 aromatic heterocycles. The van der Waals surface area contributed by atoms with E-state index in [1.807, 2.05) is 6.07 Å². The predicted molar refractivity (Wildman–Crippen MR) is 64.2 cm³/mol. The second kappa shape index (κ2) is 7.01. The third kappa shape index (κ3) is 4.03. The molecule has 0 fully saturated rings. The summed E-state index contributed by atoms with van der Waals surface area (Å²) in [6.45, 7) is 3.61. The van der Waals surface area contributed by atoms with Crippen LogP contribution in [0.3, 0.4) is 0 Å². The van der Waals surface area contributed by atoms with Crippen molar-refractivity contribution in [2.45, 2.75) is 26.3 Å². The fourth-order valence-corrected chi connectivity index (χ4v) is 1.59. The zero-order valence-corrected chi connectivity index (χ0v) is 9.95. The van der Waals surface area contributed by atoms with Crippen molar-refractivity contribution in [2.75, 3.05) is 13.7 Å². The van der Waals surface area contributed by atoms with Crippen molar-refractivity contribution in [3.63, 3.8) is 0 Å². The minimum atomic E-state index is -0.170. The van der Waals surface area contributed by atoms with Crippen molar-refractivity contribution < 1.29 is 9.53 Å². The molecule has 0 aliphatic rings. The van der Waals surface area contributed by atoms with E-state index in [9.17, 15) is 4.79 Å². The normalized spacial score (nSPS) is 10.1. The SMILES string of the molecule is CCc1ccccc1CNCCC(=O)OC. The molecule has 0 radical (unpaired) electrons. The Balaban J connectivity index is 2.34. The summed E-state index contributed by atoms with van der Waals surface area (Å²) in [7, 11) is 1.41. The number of rotatable bonds is 6. The van der Waals surface area contributed by atoms with Crippen LogP contribution in [0.4, 0.5) is 0 Å². The number of benzene rings is 1. The third-order valence-electron chi connectivity index (χ3n) is 2.55. The molecule has 1 rings (SSSR count). The largest absolute Gasteiger partial charge is 0.469 e. The van der Waals surface area contributed by atoms with Crippen LogP contribution in [0.1, 0.15) is 24.5 Å². The summed E-state index contributed by atoms with van der Waals surface area (Å²) in [5.41, 5.74) is 2.66. The molecular weight excluding hydrogens is 202 g/mol. The average molecular weight is 221 g/mol. The van der Waals surface area contributed by atoms with Gasteiger partial charge in [-0.15, -0.1) is 0 Å². The Morgan fingerprint density at radius 3 is 2.62 bits per heavy atom. The molecule has 88 valence electrons. The van der Waals surface area contributed by atoms with E-state index in [1.54, 1.807) is 0 Å². The number of ether oxygens (including phenoxy) is 1. The van der Waals surface area contributed by atoms with Gasteiger partial charge in [0.25, 0.3) is 0 Å². The number of aryl methyl sites for hydroxylation is 1. The Morgan fingerprint density at radius 1 is 1.31 bits per heavy atom. The van der Waals surface area contributed by atoms with E-state index in [0.29, 0.717) is 13.0 Å². The second-order valence-electron chi connectivity index (χ2n) is 3.63. The molecule has 0 unspecified atom stereocenters. The Hall–Kier alpha value is -1.35. The van der Waals surface area contributed by atoms with Gasteiger partial charge in [0.15, 0.2) is 0 Å². The van der Waals surface area contributed by atoms with Gasteiger partial charge in [-0.1, -0.05) is 31.2 Å². The second-order valence-corrected chi connectivity index (χ2v) is 3.63. The lowest BCUT2D eigenvalue weighted by Gasteiger charge is -2.08. The molecule has 3 nitrogen and oxygen atoms in total. The number of esters is 1. The van der Waals surface area contributed by atoms with Crippen LogP contribution in [0.2, 0.25) is 0 Å². The number of methoxy groups -OCH3 is 1. The van der Waals surface area contributed by atoms with Gasteiger partial charge in [0.1, 0.15) is 0 Å². The molecule has 0 saturated carbocycles. The first-order valence-electron chi connectivity index (χ1n) is 5.62. The zero-order chi connectivity index (χ0) is 11.8. The van der Waals surface area contributed by atoms with Crippen LogP contribution in [0, 0.1) is 0 Å². The molecule has 0 bridgehead atoms. The lowest BCUT2D eigenvalue weighted by Crippen LogP contribution is -2.19. The lowest BCUT2D eigenvalue weighted by atomic mass is 10.1. The Morgan fingerprint density at radius 2 is 2.00 bits per heavy atom. The molecule has 0 saturated heterocycles. The Bertz CT molecular complexity index is 336. The van der Waals surface area contributed by atoms with Crippen LogP contribution in [-0.2, 0) is 22.5 Å². The maximum absolute atomic E-state index is 10.9. The van der Waals surface area contributed by atoms with Crippen molar-refractivity contribution in [3.8, 4) is 0 Å². The average Bonchev–Trinajstić information content (AvgIpc) is 2.34. The van der Waals surface area contributed by atoms with Crippen molar-refractivity contribution in [3.05, 3.63) is 35.4 Å². The summed E-state index contributed by atoms with van der Waals surface area (Å²) in [6, 6.07) is 8.34. The Labute approximate surface area is 96.8 Å². The number of carbonyl (C=O) groups excluding carboxylic acids is 1. The highest BCUT2D eigenvalue weighted by Gasteiger charge is 2.01. The summed E-state index contributed by atoms with van der Waals surface area (Å²) in [5, 5.41) is 3.24. The van der Waals surface area contributed by atoms with E-state index in [2.05, 4.69) is 35.2 Å². The van der Waals surface area contributed by atoms with Gasteiger partial charge in [-0.2, -0.15) is 0 Å². The van der Waals surface area contributed by atoms with Crippen LogP contribution in [0.15, 0.2) is 24.3 Å². The van der Waals surface area contributed by atoms with Gasteiger partial charge in [-0.25, -0.2) is 0 Å². The van der Waals surface area contributed by atoms with Gasteiger partial charge >= 0.3 is 5.97 Å². The van der Waals surface area contributed by atoms with Crippen molar-refractivity contribution in [1.29, 1.82) is 0 Å². The first-order chi connectivity index (χ1) is 7.77. The minimum absolute atomic E-state index is 0.170. The molecule has 16 heavy (non-hydrogen) atoms. The van der Waals surface area contributed by atoms with Crippen LogP contribution in [0.5, 0.6) is 0 Å². The molecule has 0 amide bonds. The van der Waals surface area contributed by atoms with Crippen LogP contribution in [0.25, 0.3) is 0 Å². The van der Waals surface area contributed by atoms with Gasteiger partial charge < -0.3 is 10.1 Å². The van der Waals surface area contributed by atoms with Crippen molar-refractivity contribution >= 4 is 5.97 Å². The van der Waals surface area contributed by atoms with Gasteiger partial charge in [-0.3, -0.25) is 4.79 Å². The maximum Gasteiger partial charge on any atom is 0.306 e. The molecule has 0 atom stereocenters. The fourth-order valence-electron chi connectivity index (χ4n) is 1.59. The van der Waals surface area contributed by atoms with Crippen LogP contribution in [-0.4, -0.2) is 19.6 Å². The summed E-state index contributed by atoms with van der Waals surface area (Å²) >= 11 is 0. The fraction of sp³-hybridized carbons (Fsp3) is 0.462. The number of nitrogens with one attached hydrogen (secondary N) is 1. The highest BCUT2D eigenvalue weighted by Crippen LogP contribution is 2.08. The first kappa shape index (κ1) is 12.7. The summed E-state index contributed by atoms with van der Waals surface area (Å²) in [4.78, 5) is 10.9. The molecule has 0 aliphatic heterocycles. The summed E-state index contributed by atoms with van der Waals surface area (Å²) < 4.78 is 4.57. The molecule has 1 aromatic carbocycles. The van der Waals surface area contributed by atoms with Crippen molar-refractivity contribution in [2.24, 2.45) is 0 Å². The monoisotopic (exact) mass is 221 g/mol.